The number of hydrogen-bond acceptors (Lipinski definition) is 3. The molecule has 0 spiro atoms. The third kappa shape index (κ3) is 4.95. The molecular formula is C16H23NO2. The van der Waals surface area contributed by atoms with Crippen LogP contribution < -0.4 is 5.32 Å². The molecule has 0 unspecified atom stereocenters. The summed E-state index contributed by atoms with van der Waals surface area (Å²) >= 11 is 0. The van der Waals surface area contributed by atoms with E-state index >= 15 is 0 Å². The van der Waals surface area contributed by atoms with Crippen LogP contribution in [-0.2, 0) is 11.2 Å². The number of rotatable bonds is 6. The summed E-state index contributed by atoms with van der Waals surface area (Å²) in [6.45, 7) is 3.13. The minimum absolute atomic E-state index is 0.320. The van der Waals surface area contributed by atoms with Gasteiger partial charge in [0.15, 0.2) is 0 Å². The Kier molecular flexibility index (Phi) is 5.28. The SMILES string of the molecule is C[C@@H](CCc1ccc(O)cc1)NC[C@H]1CCC=CO1. The van der Waals surface area contributed by atoms with Gasteiger partial charge in [0.05, 0.1) is 6.26 Å². The third-order valence-electron chi connectivity index (χ3n) is 3.52. The second-order valence-corrected chi connectivity index (χ2v) is 5.22. The van der Waals surface area contributed by atoms with Gasteiger partial charge in [-0.25, -0.2) is 0 Å². The molecule has 1 aliphatic rings. The fraction of sp³-hybridized carbons (Fsp3) is 0.500. The van der Waals surface area contributed by atoms with Crippen LogP contribution in [0.3, 0.4) is 0 Å². The van der Waals surface area contributed by atoms with Crippen LogP contribution in [0.1, 0.15) is 31.7 Å². The number of nitrogens with one attached hydrogen (secondary N) is 1. The van der Waals surface area contributed by atoms with E-state index in [9.17, 15) is 5.11 Å². The van der Waals surface area contributed by atoms with Gasteiger partial charge in [0.25, 0.3) is 0 Å². The molecule has 0 aliphatic carbocycles. The maximum absolute atomic E-state index is 9.23. The Morgan fingerprint density at radius 3 is 2.84 bits per heavy atom. The molecule has 2 atom stereocenters. The summed E-state index contributed by atoms with van der Waals surface area (Å²) in [5, 5.41) is 12.8. The largest absolute Gasteiger partial charge is 0.508 e. The quantitative estimate of drug-likeness (QED) is 0.827. The molecule has 19 heavy (non-hydrogen) atoms. The minimum Gasteiger partial charge on any atom is -0.508 e. The van der Waals surface area contributed by atoms with E-state index in [1.54, 1.807) is 12.1 Å². The fourth-order valence-electron chi connectivity index (χ4n) is 2.22. The summed E-state index contributed by atoms with van der Waals surface area (Å²) in [5.41, 5.74) is 1.27. The van der Waals surface area contributed by atoms with Gasteiger partial charge in [-0.15, -0.1) is 0 Å². The molecule has 3 nitrogen and oxygen atoms in total. The van der Waals surface area contributed by atoms with Gasteiger partial charge in [-0.3, -0.25) is 0 Å². The maximum Gasteiger partial charge on any atom is 0.115 e. The van der Waals surface area contributed by atoms with Crippen molar-refractivity contribution in [1.29, 1.82) is 0 Å². The molecule has 0 saturated carbocycles. The summed E-state index contributed by atoms with van der Waals surface area (Å²) < 4.78 is 5.53. The zero-order valence-electron chi connectivity index (χ0n) is 11.5. The van der Waals surface area contributed by atoms with E-state index in [0.29, 0.717) is 17.9 Å². The summed E-state index contributed by atoms with van der Waals surface area (Å²) in [7, 11) is 0. The molecule has 0 aromatic heterocycles. The number of hydrogen-bond donors (Lipinski definition) is 2. The van der Waals surface area contributed by atoms with Crippen LogP contribution in [0.4, 0.5) is 0 Å². The van der Waals surface area contributed by atoms with Gasteiger partial charge in [0.2, 0.25) is 0 Å². The first-order valence-electron chi connectivity index (χ1n) is 7.06. The highest BCUT2D eigenvalue weighted by molar-refractivity contribution is 5.25. The Bertz CT molecular complexity index is 400. The van der Waals surface area contributed by atoms with Gasteiger partial charge in [-0.2, -0.15) is 0 Å². The predicted octanol–water partition coefficient (Wildman–Crippen LogP) is 3.00. The Balaban J connectivity index is 1.65. The second kappa shape index (κ2) is 7.19. The van der Waals surface area contributed by atoms with Crippen LogP contribution in [0.2, 0.25) is 0 Å². The summed E-state index contributed by atoms with van der Waals surface area (Å²) in [6.07, 6.45) is 8.55. The molecule has 0 saturated heterocycles. The molecule has 1 aliphatic heterocycles. The standard InChI is InChI=1S/C16H23NO2/c1-13(17-12-16-4-2-3-11-19-16)5-6-14-7-9-15(18)10-8-14/h3,7-11,13,16-18H,2,4-6,12H2,1H3/t13-,16+/m0/s1. The maximum atomic E-state index is 9.23. The van der Waals surface area contributed by atoms with E-state index in [2.05, 4.69) is 18.3 Å². The second-order valence-electron chi connectivity index (χ2n) is 5.22. The molecule has 1 aromatic rings. The molecule has 1 aromatic carbocycles. The molecule has 0 amide bonds. The molecule has 104 valence electrons. The number of phenolic OH excluding ortho intramolecular Hbond substituents is 1. The van der Waals surface area contributed by atoms with Gasteiger partial charge >= 0.3 is 0 Å². The molecular weight excluding hydrogens is 238 g/mol. The summed E-state index contributed by atoms with van der Waals surface area (Å²) in [6, 6.07) is 7.93. The Labute approximate surface area is 115 Å². The van der Waals surface area contributed by atoms with Crippen LogP contribution in [0, 0.1) is 0 Å². The Morgan fingerprint density at radius 1 is 1.37 bits per heavy atom. The van der Waals surface area contributed by atoms with E-state index in [1.165, 1.54) is 5.56 Å². The number of aromatic hydroxyl groups is 1. The smallest absolute Gasteiger partial charge is 0.115 e. The van der Waals surface area contributed by atoms with Crippen molar-refractivity contribution in [2.24, 2.45) is 0 Å². The van der Waals surface area contributed by atoms with Crippen LogP contribution in [0.15, 0.2) is 36.6 Å². The van der Waals surface area contributed by atoms with Crippen molar-refractivity contribution < 1.29 is 9.84 Å². The fourth-order valence-corrected chi connectivity index (χ4v) is 2.22. The van der Waals surface area contributed by atoms with Crippen molar-refractivity contribution in [2.75, 3.05) is 6.54 Å². The van der Waals surface area contributed by atoms with E-state index in [1.807, 2.05) is 18.4 Å². The lowest BCUT2D eigenvalue weighted by Gasteiger charge is -2.22. The molecule has 2 rings (SSSR count). The van der Waals surface area contributed by atoms with Gasteiger partial charge < -0.3 is 15.2 Å². The predicted molar refractivity (Wildman–Crippen MR) is 77.1 cm³/mol. The lowest BCUT2D eigenvalue weighted by Crippen LogP contribution is -2.35. The van der Waals surface area contributed by atoms with Crippen LogP contribution >= 0.6 is 0 Å². The lowest BCUT2D eigenvalue weighted by molar-refractivity contribution is 0.119. The van der Waals surface area contributed by atoms with E-state index in [0.717, 1.165) is 32.2 Å². The van der Waals surface area contributed by atoms with Gasteiger partial charge in [0.1, 0.15) is 11.9 Å². The van der Waals surface area contributed by atoms with Gasteiger partial charge in [-0.1, -0.05) is 12.1 Å². The molecule has 1 heterocycles. The van der Waals surface area contributed by atoms with Crippen molar-refractivity contribution in [2.45, 2.75) is 44.8 Å². The van der Waals surface area contributed by atoms with E-state index < -0.39 is 0 Å². The van der Waals surface area contributed by atoms with Crippen molar-refractivity contribution in [3.05, 3.63) is 42.2 Å². The summed E-state index contributed by atoms with van der Waals surface area (Å²) in [5.74, 6) is 0.331. The first-order valence-corrected chi connectivity index (χ1v) is 7.06. The lowest BCUT2D eigenvalue weighted by atomic mass is 10.1. The first kappa shape index (κ1) is 13.9. The van der Waals surface area contributed by atoms with Crippen molar-refractivity contribution in [3.63, 3.8) is 0 Å². The summed E-state index contributed by atoms with van der Waals surface area (Å²) in [4.78, 5) is 0. The third-order valence-corrected chi connectivity index (χ3v) is 3.52. The minimum atomic E-state index is 0.320. The highest BCUT2D eigenvalue weighted by Gasteiger charge is 2.12. The highest BCUT2D eigenvalue weighted by Crippen LogP contribution is 2.12. The highest BCUT2D eigenvalue weighted by atomic mass is 16.5. The van der Waals surface area contributed by atoms with Gasteiger partial charge in [0, 0.05) is 12.6 Å². The van der Waals surface area contributed by atoms with Crippen molar-refractivity contribution in [1.82, 2.24) is 5.32 Å². The van der Waals surface area contributed by atoms with E-state index in [4.69, 9.17) is 4.74 Å². The number of allylic oxidation sites excluding steroid dienone is 1. The number of phenols is 1. The van der Waals surface area contributed by atoms with E-state index in [-0.39, 0.29) is 0 Å². The number of benzene rings is 1. The van der Waals surface area contributed by atoms with Crippen LogP contribution in [0.25, 0.3) is 0 Å². The number of aryl methyl sites for hydroxylation is 1. The molecule has 0 radical (unpaired) electrons. The van der Waals surface area contributed by atoms with Crippen molar-refractivity contribution >= 4 is 0 Å². The monoisotopic (exact) mass is 261 g/mol. The number of ether oxygens (including phenoxy) is 1. The Hall–Kier alpha value is -1.48. The topological polar surface area (TPSA) is 41.5 Å². The average Bonchev–Trinajstić information content (AvgIpc) is 2.45. The zero-order chi connectivity index (χ0) is 13.5. The first-order chi connectivity index (χ1) is 9.24. The normalized spacial score (nSPS) is 19.9. The van der Waals surface area contributed by atoms with Crippen LogP contribution in [-0.4, -0.2) is 23.8 Å². The zero-order valence-corrected chi connectivity index (χ0v) is 11.5. The van der Waals surface area contributed by atoms with Crippen molar-refractivity contribution in [3.8, 4) is 5.75 Å². The average molecular weight is 261 g/mol. The molecule has 3 heteroatoms. The molecule has 2 N–H and O–H groups in total. The Morgan fingerprint density at radius 2 is 2.16 bits per heavy atom. The van der Waals surface area contributed by atoms with Gasteiger partial charge in [-0.05, 0) is 56.4 Å². The van der Waals surface area contributed by atoms with Crippen LogP contribution in [0.5, 0.6) is 5.75 Å². The molecule has 0 bridgehead atoms. The molecule has 0 fully saturated rings.